The number of ether oxygens (including phenoxy) is 1. The first-order valence-electron chi connectivity index (χ1n) is 7.37. The average Bonchev–Trinajstić information content (AvgIpc) is 2.35. The summed E-state index contributed by atoms with van der Waals surface area (Å²) in [6, 6.07) is 4.05. The summed E-state index contributed by atoms with van der Waals surface area (Å²) in [6.07, 6.45) is 4.09. The molecule has 0 saturated heterocycles. The van der Waals surface area contributed by atoms with Crippen molar-refractivity contribution in [2.45, 2.75) is 47.1 Å². The van der Waals surface area contributed by atoms with Crippen molar-refractivity contribution >= 4 is 0 Å². The van der Waals surface area contributed by atoms with Gasteiger partial charge in [0.15, 0.2) is 0 Å². The van der Waals surface area contributed by atoms with Crippen LogP contribution < -0.4 is 10.1 Å². The molecule has 0 unspecified atom stereocenters. The molecule has 1 heterocycles. The van der Waals surface area contributed by atoms with Gasteiger partial charge in [-0.25, -0.2) is 4.98 Å². The Balaban J connectivity index is 2.39. The van der Waals surface area contributed by atoms with Gasteiger partial charge in [-0.1, -0.05) is 33.8 Å². The highest BCUT2D eigenvalue weighted by molar-refractivity contribution is 5.25. The number of hydrogen-bond acceptors (Lipinski definition) is 3. The van der Waals surface area contributed by atoms with Gasteiger partial charge in [0.05, 0.1) is 6.61 Å². The molecule has 0 bridgehead atoms. The summed E-state index contributed by atoms with van der Waals surface area (Å²) in [5.41, 5.74) is 1.15. The van der Waals surface area contributed by atoms with E-state index in [1.54, 1.807) is 6.20 Å². The summed E-state index contributed by atoms with van der Waals surface area (Å²) >= 11 is 0. The zero-order chi connectivity index (χ0) is 14.1. The summed E-state index contributed by atoms with van der Waals surface area (Å²) in [4.78, 5) is 4.33. The van der Waals surface area contributed by atoms with Crippen molar-refractivity contribution in [2.75, 3.05) is 13.2 Å². The van der Waals surface area contributed by atoms with Crippen LogP contribution in [0.5, 0.6) is 5.88 Å². The van der Waals surface area contributed by atoms with E-state index in [2.05, 4.69) is 44.1 Å². The fourth-order valence-electron chi connectivity index (χ4n) is 1.84. The lowest BCUT2D eigenvalue weighted by Crippen LogP contribution is -2.19. The van der Waals surface area contributed by atoms with Gasteiger partial charge in [0.25, 0.3) is 0 Å². The van der Waals surface area contributed by atoms with Gasteiger partial charge in [-0.15, -0.1) is 0 Å². The van der Waals surface area contributed by atoms with Gasteiger partial charge in [0, 0.05) is 18.3 Å². The average molecular weight is 264 g/mol. The maximum Gasteiger partial charge on any atom is 0.217 e. The van der Waals surface area contributed by atoms with Crippen LogP contribution in [-0.4, -0.2) is 18.1 Å². The van der Waals surface area contributed by atoms with Crippen LogP contribution >= 0.6 is 0 Å². The zero-order valence-electron chi connectivity index (χ0n) is 12.8. The van der Waals surface area contributed by atoms with E-state index in [0.29, 0.717) is 5.92 Å². The second-order valence-corrected chi connectivity index (χ2v) is 5.88. The van der Waals surface area contributed by atoms with Crippen molar-refractivity contribution in [3.63, 3.8) is 0 Å². The number of pyridine rings is 1. The van der Waals surface area contributed by atoms with E-state index in [9.17, 15) is 0 Å². The molecule has 0 aliphatic rings. The third-order valence-corrected chi connectivity index (χ3v) is 2.88. The Hall–Kier alpha value is -1.09. The molecule has 0 amide bonds. The van der Waals surface area contributed by atoms with E-state index in [1.165, 1.54) is 6.42 Å². The molecule has 1 N–H and O–H groups in total. The standard InChI is InChI=1S/C16H28N2O/c1-13(2)7-6-10-19-16-15(8-5-9-18-16)12-17-11-14(3)4/h5,8-9,13-14,17H,6-7,10-12H2,1-4H3. The van der Waals surface area contributed by atoms with Crippen LogP contribution in [0.25, 0.3) is 0 Å². The van der Waals surface area contributed by atoms with Crippen molar-refractivity contribution in [1.29, 1.82) is 0 Å². The molecule has 0 aliphatic heterocycles. The molecule has 0 fully saturated rings. The van der Waals surface area contributed by atoms with Crippen LogP contribution in [0.1, 0.15) is 46.1 Å². The fourth-order valence-corrected chi connectivity index (χ4v) is 1.84. The maximum atomic E-state index is 5.79. The number of rotatable bonds is 9. The quantitative estimate of drug-likeness (QED) is 0.691. The van der Waals surface area contributed by atoms with E-state index in [4.69, 9.17) is 4.74 Å². The molecule has 0 aliphatic carbocycles. The zero-order valence-corrected chi connectivity index (χ0v) is 12.8. The van der Waals surface area contributed by atoms with Gasteiger partial charge >= 0.3 is 0 Å². The predicted molar refractivity (Wildman–Crippen MR) is 80.3 cm³/mol. The summed E-state index contributed by atoms with van der Waals surface area (Å²) in [6.45, 7) is 11.5. The largest absolute Gasteiger partial charge is 0.477 e. The number of aromatic nitrogens is 1. The first-order valence-corrected chi connectivity index (χ1v) is 7.37. The highest BCUT2D eigenvalue weighted by Crippen LogP contribution is 2.15. The summed E-state index contributed by atoms with van der Waals surface area (Å²) in [5, 5.41) is 3.43. The molecule has 1 rings (SSSR count). The Morgan fingerprint density at radius 2 is 2.00 bits per heavy atom. The van der Waals surface area contributed by atoms with Gasteiger partial charge in [0.2, 0.25) is 5.88 Å². The molecule has 19 heavy (non-hydrogen) atoms. The fraction of sp³-hybridized carbons (Fsp3) is 0.688. The SMILES string of the molecule is CC(C)CCCOc1ncccc1CNCC(C)C. The molecule has 3 nitrogen and oxygen atoms in total. The van der Waals surface area contributed by atoms with Crippen LogP contribution in [0.15, 0.2) is 18.3 Å². The van der Waals surface area contributed by atoms with Crippen molar-refractivity contribution < 1.29 is 4.74 Å². The van der Waals surface area contributed by atoms with E-state index in [0.717, 1.165) is 43.5 Å². The minimum atomic E-state index is 0.659. The number of hydrogen-bond donors (Lipinski definition) is 1. The summed E-state index contributed by atoms with van der Waals surface area (Å²) in [7, 11) is 0. The van der Waals surface area contributed by atoms with Crippen LogP contribution in [0, 0.1) is 11.8 Å². The molecular formula is C16H28N2O. The highest BCUT2D eigenvalue weighted by atomic mass is 16.5. The lowest BCUT2D eigenvalue weighted by atomic mass is 10.1. The van der Waals surface area contributed by atoms with Gasteiger partial charge in [-0.2, -0.15) is 0 Å². The van der Waals surface area contributed by atoms with E-state index < -0.39 is 0 Å². The second kappa shape index (κ2) is 8.92. The number of nitrogens with zero attached hydrogens (tertiary/aromatic N) is 1. The molecular weight excluding hydrogens is 236 g/mol. The Bertz CT molecular complexity index is 350. The van der Waals surface area contributed by atoms with Gasteiger partial charge < -0.3 is 10.1 Å². The minimum absolute atomic E-state index is 0.659. The lowest BCUT2D eigenvalue weighted by Gasteiger charge is -2.12. The first kappa shape index (κ1) is 16.0. The highest BCUT2D eigenvalue weighted by Gasteiger charge is 2.05. The molecule has 3 heteroatoms. The van der Waals surface area contributed by atoms with Crippen molar-refractivity contribution in [3.05, 3.63) is 23.9 Å². The molecule has 0 aromatic carbocycles. The van der Waals surface area contributed by atoms with Crippen molar-refractivity contribution in [3.8, 4) is 5.88 Å². The van der Waals surface area contributed by atoms with Gasteiger partial charge in [0.1, 0.15) is 0 Å². The van der Waals surface area contributed by atoms with E-state index >= 15 is 0 Å². The maximum absolute atomic E-state index is 5.79. The molecule has 0 spiro atoms. The van der Waals surface area contributed by atoms with E-state index in [1.807, 2.05) is 6.07 Å². The van der Waals surface area contributed by atoms with Crippen molar-refractivity contribution in [2.24, 2.45) is 11.8 Å². The summed E-state index contributed by atoms with van der Waals surface area (Å²) < 4.78 is 5.79. The van der Waals surface area contributed by atoms with E-state index in [-0.39, 0.29) is 0 Å². The molecule has 108 valence electrons. The normalized spacial score (nSPS) is 11.3. The second-order valence-electron chi connectivity index (χ2n) is 5.88. The van der Waals surface area contributed by atoms with Gasteiger partial charge in [-0.05, 0) is 37.3 Å². The Labute approximate surface area is 117 Å². The Kier molecular flexibility index (Phi) is 7.49. The van der Waals surface area contributed by atoms with Crippen LogP contribution in [0.4, 0.5) is 0 Å². The molecule has 0 atom stereocenters. The summed E-state index contributed by atoms with van der Waals surface area (Å²) in [5.74, 6) is 2.18. The molecule has 0 radical (unpaired) electrons. The monoisotopic (exact) mass is 264 g/mol. The smallest absolute Gasteiger partial charge is 0.217 e. The topological polar surface area (TPSA) is 34.1 Å². The molecule has 1 aromatic heterocycles. The van der Waals surface area contributed by atoms with Gasteiger partial charge in [-0.3, -0.25) is 0 Å². The predicted octanol–water partition coefficient (Wildman–Crippen LogP) is 3.64. The van der Waals surface area contributed by atoms with Crippen molar-refractivity contribution in [1.82, 2.24) is 10.3 Å². The molecule has 0 saturated carbocycles. The third kappa shape index (κ3) is 7.16. The first-order chi connectivity index (χ1) is 9.09. The van der Waals surface area contributed by atoms with Crippen LogP contribution in [-0.2, 0) is 6.54 Å². The lowest BCUT2D eigenvalue weighted by molar-refractivity contribution is 0.283. The Morgan fingerprint density at radius 3 is 2.68 bits per heavy atom. The Morgan fingerprint density at radius 1 is 1.21 bits per heavy atom. The van der Waals surface area contributed by atoms with Crippen LogP contribution in [0.3, 0.4) is 0 Å². The molecule has 1 aromatic rings. The minimum Gasteiger partial charge on any atom is -0.477 e. The van der Waals surface area contributed by atoms with Crippen LogP contribution in [0.2, 0.25) is 0 Å². The number of nitrogens with one attached hydrogen (secondary N) is 1. The third-order valence-electron chi connectivity index (χ3n) is 2.88.